The van der Waals surface area contributed by atoms with Crippen molar-refractivity contribution in [3.63, 3.8) is 0 Å². The Hall–Kier alpha value is -2.10. The molecule has 1 atom stereocenters. The predicted octanol–water partition coefficient (Wildman–Crippen LogP) is 2.18. The van der Waals surface area contributed by atoms with Crippen LogP contribution in [0.2, 0.25) is 0 Å². The minimum atomic E-state index is -0.230. The van der Waals surface area contributed by atoms with Crippen molar-refractivity contribution in [3.05, 3.63) is 36.4 Å². The molecule has 4 heteroatoms. The molecule has 1 heterocycles. The van der Waals surface area contributed by atoms with E-state index in [9.17, 15) is 9.59 Å². The minimum Gasteiger partial charge on any atom is -0.324 e. The number of benzene rings is 1. The van der Waals surface area contributed by atoms with Gasteiger partial charge in [0, 0.05) is 6.54 Å². The molecule has 1 aromatic carbocycles. The highest BCUT2D eigenvalue weighted by Gasteiger charge is 2.27. The standard InChI is InChI=1S/C14H16N2O2/c1-3-6-13(17)16-9-10(2)14(18)15-11-7-4-5-8-12(11)16/h3-8,10H,9H2,1-2H3,(H,15,18)/b6-3-/t10-/m0/s1. The van der Waals surface area contributed by atoms with Crippen LogP contribution in [-0.2, 0) is 9.59 Å². The average Bonchev–Trinajstić information content (AvgIpc) is 2.48. The first-order chi connectivity index (χ1) is 8.63. The van der Waals surface area contributed by atoms with E-state index in [4.69, 9.17) is 0 Å². The molecule has 0 spiro atoms. The lowest BCUT2D eigenvalue weighted by molar-refractivity contribution is -0.119. The fraction of sp³-hybridized carbons (Fsp3) is 0.286. The maximum Gasteiger partial charge on any atom is 0.250 e. The number of carbonyl (C=O) groups excluding carboxylic acids is 2. The number of rotatable bonds is 1. The number of nitrogens with zero attached hydrogens (tertiary/aromatic N) is 1. The first-order valence-electron chi connectivity index (χ1n) is 5.97. The number of nitrogens with one attached hydrogen (secondary N) is 1. The van der Waals surface area contributed by atoms with Gasteiger partial charge < -0.3 is 10.2 Å². The van der Waals surface area contributed by atoms with Gasteiger partial charge in [0.2, 0.25) is 5.91 Å². The molecule has 0 aromatic heterocycles. The normalized spacial score (nSPS) is 19.3. The minimum absolute atomic E-state index is 0.0572. The topological polar surface area (TPSA) is 49.4 Å². The molecule has 0 saturated heterocycles. The number of fused-ring (bicyclic) bond motifs is 1. The Bertz CT molecular complexity index is 508. The molecular weight excluding hydrogens is 228 g/mol. The van der Waals surface area contributed by atoms with Crippen molar-refractivity contribution in [1.29, 1.82) is 0 Å². The summed E-state index contributed by atoms with van der Waals surface area (Å²) in [7, 11) is 0. The Balaban J connectivity index is 2.45. The molecule has 1 aromatic rings. The van der Waals surface area contributed by atoms with Crippen molar-refractivity contribution in [2.24, 2.45) is 5.92 Å². The summed E-state index contributed by atoms with van der Waals surface area (Å²) in [6.07, 6.45) is 3.22. The summed E-state index contributed by atoms with van der Waals surface area (Å²) in [6, 6.07) is 7.35. The van der Waals surface area contributed by atoms with Crippen LogP contribution in [0.3, 0.4) is 0 Å². The molecule has 0 aliphatic carbocycles. The lowest BCUT2D eigenvalue weighted by Gasteiger charge is -2.21. The molecule has 94 valence electrons. The van der Waals surface area contributed by atoms with Crippen LogP contribution in [0.15, 0.2) is 36.4 Å². The Morgan fingerprint density at radius 3 is 2.89 bits per heavy atom. The third kappa shape index (κ3) is 2.27. The van der Waals surface area contributed by atoms with E-state index in [-0.39, 0.29) is 17.7 Å². The summed E-state index contributed by atoms with van der Waals surface area (Å²) in [5, 5.41) is 2.84. The third-order valence-corrected chi connectivity index (χ3v) is 2.93. The van der Waals surface area contributed by atoms with Gasteiger partial charge in [-0.2, -0.15) is 0 Å². The maximum atomic E-state index is 12.1. The summed E-state index contributed by atoms with van der Waals surface area (Å²) in [5.74, 6) is -0.391. The van der Waals surface area contributed by atoms with E-state index >= 15 is 0 Å². The zero-order valence-corrected chi connectivity index (χ0v) is 10.5. The number of amides is 2. The van der Waals surface area contributed by atoms with Crippen molar-refractivity contribution < 1.29 is 9.59 Å². The van der Waals surface area contributed by atoms with Gasteiger partial charge in [0.15, 0.2) is 0 Å². The van der Waals surface area contributed by atoms with E-state index in [1.165, 1.54) is 6.08 Å². The fourth-order valence-electron chi connectivity index (χ4n) is 1.97. The number of para-hydroxylation sites is 2. The molecule has 0 fully saturated rings. The van der Waals surface area contributed by atoms with Crippen LogP contribution in [0.4, 0.5) is 11.4 Å². The van der Waals surface area contributed by atoms with E-state index in [0.717, 1.165) is 5.69 Å². The van der Waals surface area contributed by atoms with Crippen molar-refractivity contribution in [3.8, 4) is 0 Å². The molecular formula is C14H16N2O2. The van der Waals surface area contributed by atoms with E-state index in [1.54, 1.807) is 24.0 Å². The third-order valence-electron chi connectivity index (χ3n) is 2.93. The van der Waals surface area contributed by atoms with Gasteiger partial charge >= 0.3 is 0 Å². The highest BCUT2D eigenvalue weighted by atomic mass is 16.2. The summed E-state index contributed by atoms with van der Waals surface area (Å²) < 4.78 is 0. The highest BCUT2D eigenvalue weighted by Crippen LogP contribution is 2.29. The van der Waals surface area contributed by atoms with E-state index in [2.05, 4.69) is 5.32 Å². The Morgan fingerprint density at radius 2 is 2.17 bits per heavy atom. The summed E-state index contributed by atoms with van der Waals surface area (Å²) >= 11 is 0. The van der Waals surface area contributed by atoms with Crippen LogP contribution in [0.1, 0.15) is 13.8 Å². The maximum absolute atomic E-state index is 12.1. The molecule has 1 aliphatic rings. The number of carbonyl (C=O) groups is 2. The van der Waals surface area contributed by atoms with Crippen LogP contribution >= 0.6 is 0 Å². The van der Waals surface area contributed by atoms with Crippen molar-refractivity contribution in [2.45, 2.75) is 13.8 Å². The quantitative estimate of drug-likeness (QED) is 0.770. The Labute approximate surface area is 106 Å². The molecule has 0 bridgehead atoms. The van der Waals surface area contributed by atoms with Gasteiger partial charge in [-0.3, -0.25) is 9.59 Å². The molecule has 0 unspecified atom stereocenters. The molecule has 4 nitrogen and oxygen atoms in total. The van der Waals surface area contributed by atoms with Crippen molar-refractivity contribution in [1.82, 2.24) is 0 Å². The number of hydrogen-bond acceptors (Lipinski definition) is 2. The van der Waals surface area contributed by atoms with Crippen molar-refractivity contribution in [2.75, 3.05) is 16.8 Å². The molecule has 2 rings (SSSR count). The second-order valence-corrected chi connectivity index (χ2v) is 4.36. The van der Waals surface area contributed by atoms with Gasteiger partial charge in [-0.05, 0) is 25.1 Å². The smallest absolute Gasteiger partial charge is 0.250 e. The van der Waals surface area contributed by atoms with Gasteiger partial charge in [0.05, 0.1) is 17.3 Å². The fourth-order valence-corrected chi connectivity index (χ4v) is 1.97. The van der Waals surface area contributed by atoms with Gasteiger partial charge in [-0.15, -0.1) is 0 Å². The molecule has 2 amide bonds. The average molecular weight is 244 g/mol. The van der Waals surface area contributed by atoms with E-state index in [0.29, 0.717) is 12.2 Å². The largest absolute Gasteiger partial charge is 0.324 e. The Kier molecular flexibility index (Phi) is 3.46. The van der Waals surface area contributed by atoms with Gasteiger partial charge in [-0.1, -0.05) is 25.1 Å². The summed E-state index contributed by atoms with van der Waals surface area (Å²) in [6.45, 7) is 4.01. The second kappa shape index (κ2) is 5.04. The van der Waals surface area contributed by atoms with Crippen LogP contribution in [0.5, 0.6) is 0 Å². The SMILES string of the molecule is C/C=C\C(=O)N1C[C@H](C)C(=O)Nc2ccccc21. The predicted molar refractivity (Wildman–Crippen MR) is 71.4 cm³/mol. The second-order valence-electron chi connectivity index (χ2n) is 4.36. The van der Waals surface area contributed by atoms with Gasteiger partial charge in [-0.25, -0.2) is 0 Å². The highest BCUT2D eigenvalue weighted by molar-refractivity contribution is 6.08. The first-order valence-corrected chi connectivity index (χ1v) is 5.97. The number of hydrogen-bond donors (Lipinski definition) is 1. The lowest BCUT2D eigenvalue weighted by atomic mass is 10.1. The van der Waals surface area contributed by atoms with Crippen LogP contribution < -0.4 is 10.2 Å². The monoisotopic (exact) mass is 244 g/mol. The zero-order chi connectivity index (χ0) is 13.1. The Morgan fingerprint density at radius 1 is 1.44 bits per heavy atom. The first kappa shape index (κ1) is 12.4. The molecule has 1 N–H and O–H groups in total. The molecule has 0 radical (unpaired) electrons. The molecule has 18 heavy (non-hydrogen) atoms. The van der Waals surface area contributed by atoms with Crippen molar-refractivity contribution >= 4 is 23.2 Å². The molecule has 1 aliphatic heterocycles. The van der Waals surface area contributed by atoms with Crippen LogP contribution in [-0.4, -0.2) is 18.4 Å². The number of anilines is 2. The van der Waals surface area contributed by atoms with Crippen LogP contribution in [0.25, 0.3) is 0 Å². The number of allylic oxidation sites excluding steroid dienone is 1. The van der Waals surface area contributed by atoms with E-state index < -0.39 is 0 Å². The zero-order valence-electron chi connectivity index (χ0n) is 10.5. The summed E-state index contributed by atoms with van der Waals surface area (Å²) in [5.41, 5.74) is 1.43. The van der Waals surface area contributed by atoms with Crippen LogP contribution in [0, 0.1) is 5.92 Å². The van der Waals surface area contributed by atoms with Gasteiger partial charge in [0.1, 0.15) is 0 Å². The summed E-state index contributed by atoms with van der Waals surface area (Å²) in [4.78, 5) is 25.5. The molecule has 0 saturated carbocycles. The van der Waals surface area contributed by atoms with Gasteiger partial charge in [0.25, 0.3) is 5.91 Å². The lowest BCUT2D eigenvalue weighted by Crippen LogP contribution is -2.34. The van der Waals surface area contributed by atoms with E-state index in [1.807, 2.05) is 25.1 Å².